The van der Waals surface area contributed by atoms with Gasteiger partial charge in [0.2, 0.25) is 5.91 Å². The minimum atomic E-state index is -0.330. The summed E-state index contributed by atoms with van der Waals surface area (Å²) in [5.41, 5.74) is 1.04. The molecule has 0 saturated carbocycles. The molecule has 1 rings (SSSR count). The lowest BCUT2D eigenvalue weighted by Gasteiger charge is -2.11. The van der Waals surface area contributed by atoms with Crippen molar-refractivity contribution in [3.05, 3.63) is 29.3 Å². The van der Waals surface area contributed by atoms with Crippen molar-refractivity contribution in [1.29, 1.82) is 0 Å². The van der Waals surface area contributed by atoms with Crippen LogP contribution in [0.2, 0.25) is 0 Å². The summed E-state index contributed by atoms with van der Waals surface area (Å²) in [5.74, 6) is -0.358. The molecule has 0 aliphatic carbocycles. The first-order valence-corrected chi connectivity index (χ1v) is 5.20. The summed E-state index contributed by atoms with van der Waals surface area (Å²) in [6.45, 7) is 1.67. The predicted molar refractivity (Wildman–Crippen MR) is 63.9 cm³/mol. The Labute approximate surface area is 100 Å². The minimum Gasteiger partial charge on any atom is -0.508 e. The zero-order chi connectivity index (χ0) is 13.0. The van der Waals surface area contributed by atoms with Crippen LogP contribution < -0.4 is 5.32 Å². The summed E-state index contributed by atoms with van der Waals surface area (Å²) in [6.07, 6.45) is 0. The van der Waals surface area contributed by atoms with Crippen LogP contribution in [0.25, 0.3) is 0 Å². The van der Waals surface area contributed by atoms with Gasteiger partial charge >= 0.3 is 0 Å². The first-order chi connectivity index (χ1) is 7.91. The highest BCUT2D eigenvalue weighted by molar-refractivity contribution is 5.96. The van der Waals surface area contributed by atoms with Gasteiger partial charge in [0.25, 0.3) is 5.91 Å². The fraction of sp³-hybridized carbons (Fsp3) is 0.333. The zero-order valence-electron chi connectivity index (χ0n) is 10.2. The molecular weight excluding hydrogens is 220 g/mol. The summed E-state index contributed by atoms with van der Waals surface area (Å²) >= 11 is 0. The molecule has 5 heteroatoms. The van der Waals surface area contributed by atoms with E-state index in [0.717, 1.165) is 0 Å². The lowest BCUT2D eigenvalue weighted by Crippen LogP contribution is -2.36. The molecule has 1 aromatic rings. The number of hydrogen-bond donors (Lipinski definition) is 2. The molecule has 0 atom stereocenters. The molecule has 5 nitrogen and oxygen atoms in total. The van der Waals surface area contributed by atoms with Gasteiger partial charge in [0, 0.05) is 19.7 Å². The Morgan fingerprint density at radius 2 is 2.00 bits per heavy atom. The second-order valence-electron chi connectivity index (χ2n) is 3.97. The van der Waals surface area contributed by atoms with E-state index in [1.165, 1.54) is 17.0 Å². The van der Waals surface area contributed by atoms with Crippen molar-refractivity contribution in [1.82, 2.24) is 10.2 Å². The van der Waals surface area contributed by atoms with Gasteiger partial charge < -0.3 is 15.3 Å². The first-order valence-electron chi connectivity index (χ1n) is 5.20. The molecule has 1 aromatic carbocycles. The van der Waals surface area contributed by atoms with E-state index in [9.17, 15) is 14.7 Å². The van der Waals surface area contributed by atoms with E-state index in [1.54, 1.807) is 27.1 Å². The van der Waals surface area contributed by atoms with Crippen LogP contribution in [-0.2, 0) is 4.79 Å². The maximum atomic E-state index is 11.7. The van der Waals surface area contributed by atoms with Crippen LogP contribution in [0.15, 0.2) is 18.2 Å². The number of rotatable bonds is 3. The molecule has 0 unspecified atom stereocenters. The van der Waals surface area contributed by atoms with Crippen LogP contribution in [0.4, 0.5) is 0 Å². The van der Waals surface area contributed by atoms with Gasteiger partial charge in [-0.3, -0.25) is 9.59 Å². The molecule has 0 spiro atoms. The number of benzene rings is 1. The van der Waals surface area contributed by atoms with Gasteiger partial charge in [-0.2, -0.15) is 0 Å². The van der Waals surface area contributed by atoms with E-state index in [2.05, 4.69) is 5.32 Å². The third-order valence-electron chi connectivity index (χ3n) is 2.36. The van der Waals surface area contributed by atoms with Crippen molar-refractivity contribution >= 4 is 11.8 Å². The van der Waals surface area contributed by atoms with Gasteiger partial charge in [0.1, 0.15) is 5.75 Å². The summed E-state index contributed by atoms with van der Waals surface area (Å²) < 4.78 is 0. The molecule has 2 amide bonds. The molecule has 92 valence electrons. The number of aromatic hydroxyl groups is 1. The van der Waals surface area contributed by atoms with E-state index in [0.29, 0.717) is 11.1 Å². The van der Waals surface area contributed by atoms with Gasteiger partial charge in [0.15, 0.2) is 0 Å². The highest BCUT2D eigenvalue weighted by Gasteiger charge is 2.10. The summed E-state index contributed by atoms with van der Waals surface area (Å²) in [7, 11) is 3.25. The third kappa shape index (κ3) is 3.48. The van der Waals surface area contributed by atoms with Gasteiger partial charge in [-0.25, -0.2) is 0 Å². The van der Waals surface area contributed by atoms with E-state index in [1.807, 2.05) is 0 Å². The minimum absolute atomic E-state index is 0.0360. The molecule has 0 saturated heterocycles. The Bertz CT molecular complexity index is 441. The maximum Gasteiger partial charge on any atom is 0.251 e. The van der Waals surface area contributed by atoms with Gasteiger partial charge in [-0.05, 0) is 30.7 Å². The molecule has 0 aliphatic rings. The van der Waals surface area contributed by atoms with E-state index in [4.69, 9.17) is 0 Å². The average molecular weight is 236 g/mol. The quantitative estimate of drug-likeness (QED) is 0.803. The second kappa shape index (κ2) is 5.34. The Balaban J connectivity index is 2.64. The number of carbonyl (C=O) groups excluding carboxylic acids is 2. The number of nitrogens with zero attached hydrogens (tertiary/aromatic N) is 1. The van der Waals surface area contributed by atoms with Gasteiger partial charge in [-0.1, -0.05) is 0 Å². The van der Waals surface area contributed by atoms with Gasteiger partial charge in [-0.15, -0.1) is 0 Å². The number of amides is 2. The van der Waals surface area contributed by atoms with Crippen molar-refractivity contribution in [2.45, 2.75) is 6.92 Å². The average Bonchev–Trinajstić information content (AvgIpc) is 2.28. The van der Waals surface area contributed by atoms with Crippen LogP contribution in [-0.4, -0.2) is 42.5 Å². The molecule has 0 bridgehead atoms. The van der Waals surface area contributed by atoms with Crippen molar-refractivity contribution in [2.24, 2.45) is 0 Å². The normalized spacial score (nSPS) is 9.82. The SMILES string of the molecule is Cc1cc(C(=O)NCC(=O)N(C)C)ccc1O. The molecular formula is C12H16N2O3. The standard InChI is InChI=1S/C12H16N2O3/c1-8-6-9(4-5-10(8)15)12(17)13-7-11(16)14(2)3/h4-6,15H,7H2,1-3H3,(H,13,17). The third-order valence-corrected chi connectivity index (χ3v) is 2.36. The summed E-state index contributed by atoms with van der Waals surface area (Å²) in [4.78, 5) is 24.3. The Hall–Kier alpha value is -2.04. The number of hydrogen-bond acceptors (Lipinski definition) is 3. The summed E-state index contributed by atoms with van der Waals surface area (Å²) in [6, 6.07) is 4.54. The lowest BCUT2D eigenvalue weighted by molar-refractivity contribution is -0.127. The van der Waals surface area contributed by atoms with Crippen LogP contribution in [0.3, 0.4) is 0 Å². The van der Waals surface area contributed by atoms with Crippen molar-refractivity contribution in [3.63, 3.8) is 0 Å². The molecule has 0 heterocycles. The predicted octanol–water partition coefficient (Wildman–Crippen LogP) is 0.519. The molecule has 0 aromatic heterocycles. The molecule has 0 fully saturated rings. The number of phenols is 1. The number of phenolic OH excluding ortho intramolecular Hbond substituents is 1. The second-order valence-corrected chi connectivity index (χ2v) is 3.97. The smallest absolute Gasteiger partial charge is 0.251 e. The topological polar surface area (TPSA) is 69.6 Å². The Morgan fingerprint density at radius 3 is 2.53 bits per heavy atom. The van der Waals surface area contributed by atoms with Crippen molar-refractivity contribution in [3.8, 4) is 5.75 Å². The van der Waals surface area contributed by atoms with Crippen LogP contribution >= 0.6 is 0 Å². The van der Waals surface area contributed by atoms with E-state index < -0.39 is 0 Å². The monoisotopic (exact) mass is 236 g/mol. The largest absolute Gasteiger partial charge is 0.508 e. The molecule has 0 radical (unpaired) electrons. The van der Waals surface area contributed by atoms with Crippen molar-refractivity contribution in [2.75, 3.05) is 20.6 Å². The maximum absolute atomic E-state index is 11.7. The molecule has 2 N–H and O–H groups in total. The zero-order valence-corrected chi connectivity index (χ0v) is 10.2. The number of nitrogens with one attached hydrogen (secondary N) is 1. The van der Waals surface area contributed by atoms with Crippen LogP contribution in [0, 0.1) is 6.92 Å². The Kier molecular flexibility index (Phi) is 4.09. The molecule has 0 aliphatic heterocycles. The first kappa shape index (κ1) is 13.0. The Morgan fingerprint density at radius 1 is 1.35 bits per heavy atom. The fourth-order valence-corrected chi connectivity index (χ4v) is 1.21. The number of carbonyl (C=O) groups is 2. The fourth-order valence-electron chi connectivity index (χ4n) is 1.21. The van der Waals surface area contributed by atoms with E-state index in [-0.39, 0.29) is 24.1 Å². The van der Waals surface area contributed by atoms with Crippen molar-refractivity contribution < 1.29 is 14.7 Å². The highest BCUT2D eigenvalue weighted by atomic mass is 16.3. The van der Waals surface area contributed by atoms with E-state index >= 15 is 0 Å². The summed E-state index contributed by atoms with van der Waals surface area (Å²) in [5, 5.41) is 11.8. The number of aryl methyl sites for hydroxylation is 1. The van der Waals surface area contributed by atoms with Gasteiger partial charge in [0.05, 0.1) is 6.54 Å². The highest BCUT2D eigenvalue weighted by Crippen LogP contribution is 2.16. The lowest BCUT2D eigenvalue weighted by atomic mass is 10.1. The van der Waals surface area contributed by atoms with Crippen LogP contribution in [0.5, 0.6) is 5.75 Å². The molecule has 17 heavy (non-hydrogen) atoms. The van der Waals surface area contributed by atoms with Crippen LogP contribution in [0.1, 0.15) is 15.9 Å². The number of likely N-dealkylation sites (N-methyl/N-ethyl adjacent to an activating group) is 1.